The third-order valence-electron chi connectivity index (χ3n) is 6.53. The average molecular weight is 524 g/mol. The van der Waals surface area contributed by atoms with Crippen LogP contribution < -0.4 is 15.4 Å². The van der Waals surface area contributed by atoms with Crippen molar-refractivity contribution in [1.82, 2.24) is 9.47 Å². The molecule has 2 saturated heterocycles. The maximum absolute atomic E-state index is 13.2. The van der Waals surface area contributed by atoms with Crippen LogP contribution in [-0.2, 0) is 16.1 Å². The number of hydrogen-bond acceptors (Lipinski definition) is 8. The van der Waals surface area contributed by atoms with Crippen LogP contribution in [0.5, 0.6) is 0 Å². The Morgan fingerprint density at radius 2 is 1.81 bits per heavy atom. The van der Waals surface area contributed by atoms with Crippen LogP contribution in [0, 0.1) is 18.3 Å². The van der Waals surface area contributed by atoms with Crippen molar-refractivity contribution in [3.63, 3.8) is 0 Å². The highest BCUT2D eigenvalue weighted by Gasteiger charge is 2.33. The topological polar surface area (TPSA) is 81.8 Å². The van der Waals surface area contributed by atoms with E-state index < -0.39 is 0 Å². The van der Waals surface area contributed by atoms with Crippen LogP contribution in [0.3, 0.4) is 0 Å². The lowest BCUT2D eigenvalue weighted by Gasteiger charge is -2.39. The SMILES string of the molecule is CCn1c(N2CCN(c3ccccc3)CC2)c(/C=C2/SC(=S)N(CCOC)C2=O)c(C)c(C#N)c1=O. The maximum Gasteiger partial charge on any atom is 0.270 e. The lowest BCUT2D eigenvalue weighted by Crippen LogP contribution is -2.48. The second kappa shape index (κ2) is 11.3. The Morgan fingerprint density at radius 1 is 1.14 bits per heavy atom. The number of carbonyl (C=O) groups excluding carboxylic acids is 1. The predicted molar refractivity (Wildman–Crippen MR) is 148 cm³/mol. The first-order valence-electron chi connectivity index (χ1n) is 11.9. The third-order valence-corrected chi connectivity index (χ3v) is 7.91. The van der Waals surface area contributed by atoms with Crippen LogP contribution in [0.1, 0.15) is 23.6 Å². The molecule has 2 aliphatic heterocycles. The molecule has 1 aromatic heterocycles. The molecule has 0 unspecified atom stereocenters. The molecular weight excluding hydrogens is 494 g/mol. The number of nitriles is 1. The second-order valence-corrected chi connectivity index (χ2v) is 10.2. The number of anilines is 2. The van der Waals surface area contributed by atoms with Gasteiger partial charge in [0.25, 0.3) is 11.5 Å². The van der Waals surface area contributed by atoms with Gasteiger partial charge in [0.2, 0.25) is 0 Å². The summed E-state index contributed by atoms with van der Waals surface area (Å²) in [7, 11) is 1.58. The largest absolute Gasteiger partial charge is 0.383 e. The summed E-state index contributed by atoms with van der Waals surface area (Å²) in [6.07, 6.45) is 1.80. The van der Waals surface area contributed by atoms with Crippen molar-refractivity contribution in [3.8, 4) is 6.07 Å². The standard InChI is InChI=1S/C26H29N5O3S2/c1-4-30-23(29-12-10-28(11-13-29)19-8-6-5-7-9-19)20(18(2)21(17-27)24(30)32)16-22-25(33)31(14-15-34-3)26(35)36-22/h5-9,16H,4,10-15H2,1-3H3/b22-16+. The van der Waals surface area contributed by atoms with Gasteiger partial charge in [0.05, 0.1) is 18.1 Å². The Kier molecular flexibility index (Phi) is 8.14. The number of nitrogens with zero attached hydrogens (tertiary/aromatic N) is 5. The van der Waals surface area contributed by atoms with Gasteiger partial charge in [-0.3, -0.25) is 19.1 Å². The van der Waals surface area contributed by atoms with Gasteiger partial charge in [0.1, 0.15) is 21.8 Å². The maximum atomic E-state index is 13.2. The van der Waals surface area contributed by atoms with E-state index in [2.05, 4.69) is 28.0 Å². The van der Waals surface area contributed by atoms with E-state index in [9.17, 15) is 14.9 Å². The molecule has 0 radical (unpaired) electrons. The van der Waals surface area contributed by atoms with Crippen molar-refractivity contribution in [3.05, 3.63) is 62.3 Å². The van der Waals surface area contributed by atoms with E-state index in [1.807, 2.05) is 25.1 Å². The molecule has 0 atom stereocenters. The number of para-hydroxylation sites is 1. The summed E-state index contributed by atoms with van der Waals surface area (Å²) >= 11 is 6.68. The summed E-state index contributed by atoms with van der Waals surface area (Å²) in [4.78, 5) is 32.9. The summed E-state index contributed by atoms with van der Waals surface area (Å²) in [5.74, 6) is 0.558. The molecule has 1 aromatic carbocycles. The summed E-state index contributed by atoms with van der Waals surface area (Å²) in [5, 5.41) is 9.78. The van der Waals surface area contributed by atoms with Gasteiger partial charge in [-0.05, 0) is 37.6 Å². The quantitative estimate of drug-likeness (QED) is 0.404. The van der Waals surface area contributed by atoms with Gasteiger partial charge in [-0.15, -0.1) is 0 Å². The Morgan fingerprint density at radius 3 is 2.42 bits per heavy atom. The summed E-state index contributed by atoms with van der Waals surface area (Å²) in [6, 6.07) is 12.3. The van der Waals surface area contributed by atoms with E-state index in [0.29, 0.717) is 53.1 Å². The minimum atomic E-state index is -0.303. The number of thioether (sulfide) groups is 1. The van der Waals surface area contributed by atoms with Crippen LogP contribution in [0.4, 0.5) is 11.5 Å². The van der Waals surface area contributed by atoms with Crippen LogP contribution in [0.25, 0.3) is 6.08 Å². The molecule has 3 heterocycles. The third kappa shape index (κ3) is 4.91. The zero-order chi connectivity index (χ0) is 25.8. The summed E-state index contributed by atoms with van der Waals surface area (Å²) < 4.78 is 7.25. The molecule has 36 heavy (non-hydrogen) atoms. The fourth-order valence-corrected chi connectivity index (χ4v) is 5.89. The fraction of sp³-hybridized carbons (Fsp3) is 0.385. The molecule has 0 N–H and O–H groups in total. The van der Waals surface area contributed by atoms with Crippen molar-refractivity contribution in [2.24, 2.45) is 0 Å². The number of carbonyl (C=O) groups is 1. The summed E-state index contributed by atoms with van der Waals surface area (Å²) in [5.41, 5.74) is 2.26. The normalized spacial score (nSPS) is 17.3. The Balaban J connectivity index is 1.75. The molecule has 0 saturated carbocycles. The molecule has 1 amide bonds. The number of piperazine rings is 1. The highest BCUT2D eigenvalue weighted by atomic mass is 32.2. The van der Waals surface area contributed by atoms with Crippen molar-refractivity contribution in [1.29, 1.82) is 5.26 Å². The van der Waals surface area contributed by atoms with E-state index in [1.54, 1.807) is 24.7 Å². The molecule has 2 aromatic rings. The molecule has 0 spiro atoms. The Bertz CT molecular complexity index is 1290. The number of methoxy groups -OCH3 is 1. The highest BCUT2D eigenvalue weighted by molar-refractivity contribution is 8.26. The van der Waals surface area contributed by atoms with E-state index >= 15 is 0 Å². The molecule has 0 bridgehead atoms. The van der Waals surface area contributed by atoms with Gasteiger partial charge >= 0.3 is 0 Å². The summed E-state index contributed by atoms with van der Waals surface area (Å²) in [6.45, 7) is 7.84. The van der Waals surface area contributed by atoms with Crippen LogP contribution in [0.15, 0.2) is 40.0 Å². The van der Waals surface area contributed by atoms with Gasteiger partial charge < -0.3 is 14.5 Å². The molecule has 0 aliphatic carbocycles. The predicted octanol–water partition coefficient (Wildman–Crippen LogP) is 3.22. The molecule has 2 aliphatic rings. The minimum absolute atomic E-state index is 0.102. The zero-order valence-corrected chi connectivity index (χ0v) is 22.3. The monoisotopic (exact) mass is 523 g/mol. The van der Waals surface area contributed by atoms with Crippen molar-refractivity contribution >= 4 is 51.8 Å². The first kappa shape index (κ1) is 25.9. The Labute approximate surface area is 220 Å². The van der Waals surface area contributed by atoms with Gasteiger partial charge in [0.15, 0.2) is 0 Å². The molecule has 188 valence electrons. The second-order valence-electron chi connectivity index (χ2n) is 8.53. The number of rotatable bonds is 7. The number of hydrogen-bond donors (Lipinski definition) is 0. The molecule has 4 rings (SSSR count). The van der Waals surface area contributed by atoms with E-state index in [1.165, 1.54) is 22.3 Å². The lowest BCUT2D eigenvalue weighted by atomic mass is 10.0. The lowest BCUT2D eigenvalue weighted by molar-refractivity contribution is -0.122. The van der Waals surface area contributed by atoms with E-state index in [-0.39, 0.29) is 17.0 Å². The first-order chi connectivity index (χ1) is 17.4. The molecule has 8 nitrogen and oxygen atoms in total. The molecule has 10 heteroatoms. The van der Waals surface area contributed by atoms with Crippen LogP contribution >= 0.6 is 24.0 Å². The van der Waals surface area contributed by atoms with Crippen molar-refractivity contribution in [2.75, 3.05) is 56.2 Å². The van der Waals surface area contributed by atoms with Gasteiger partial charge in [0, 0.05) is 51.1 Å². The Hall–Kier alpha value is -3.13. The zero-order valence-electron chi connectivity index (χ0n) is 20.7. The smallest absolute Gasteiger partial charge is 0.270 e. The van der Waals surface area contributed by atoms with Crippen molar-refractivity contribution < 1.29 is 9.53 Å². The number of thiocarbonyl (C=S) groups is 1. The highest BCUT2D eigenvalue weighted by Crippen LogP contribution is 2.36. The van der Waals surface area contributed by atoms with E-state index in [4.69, 9.17) is 17.0 Å². The minimum Gasteiger partial charge on any atom is -0.383 e. The first-order valence-corrected chi connectivity index (χ1v) is 13.1. The number of pyridine rings is 1. The number of amides is 1. The van der Waals surface area contributed by atoms with E-state index in [0.717, 1.165) is 18.9 Å². The van der Waals surface area contributed by atoms with Crippen LogP contribution in [0.2, 0.25) is 0 Å². The molecule has 2 fully saturated rings. The van der Waals surface area contributed by atoms with Crippen LogP contribution in [-0.4, -0.2) is 66.1 Å². The average Bonchev–Trinajstić information content (AvgIpc) is 3.16. The number of ether oxygens (including phenoxy) is 1. The van der Waals surface area contributed by atoms with Crippen molar-refractivity contribution in [2.45, 2.75) is 20.4 Å². The molecular formula is C26H29N5O3S2. The number of aromatic nitrogens is 1. The van der Waals surface area contributed by atoms with Gasteiger partial charge in [-0.25, -0.2) is 0 Å². The van der Waals surface area contributed by atoms with Gasteiger partial charge in [-0.1, -0.05) is 42.2 Å². The fourth-order valence-electron chi connectivity index (χ4n) is 4.60. The number of benzene rings is 1. The van der Waals surface area contributed by atoms with Gasteiger partial charge in [-0.2, -0.15) is 5.26 Å².